The van der Waals surface area contributed by atoms with Crippen molar-refractivity contribution in [3.05, 3.63) is 0 Å². The number of nitrogens with zero attached hydrogens (tertiary/aromatic N) is 1. The highest BCUT2D eigenvalue weighted by molar-refractivity contribution is 5.89. The standard InChI is InChI=1S/C13H23NO4/c1-7-9-8-13(9,10(15)17-6)14(5)11(16)18-12(2,3)4/h9H,7-8H2,1-6H3. The van der Waals surface area contributed by atoms with Crippen LogP contribution in [0.25, 0.3) is 0 Å². The zero-order valence-corrected chi connectivity index (χ0v) is 12.1. The second-order valence-electron chi connectivity index (χ2n) is 5.76. The molecule has 2 atom stereocenters. The molecule has 1 fully saturated rings. The van der Waals surface area contributed by atoms with Crippen molar-refractivity contribution >= 4 is 12.1 Å². The van der Waals surface area contributed by atoms with Gasteiger partial charge in [-0.1, -0.05) is 13.3 Å². The summed E-state index contributed by atoms with van der Waals surface area (Å²) in [5, 5.41) is 0. The van der Waals surface area contributed by atoms with Crippen molar-refractivity contribution < 1.29 is 19.1 Å². The molecule has 1 rings (SSSR count). The third kappa shape index (κ3) is 2.60. The van der Waals surface area contributed by atoms with Gasteiger partial charge in [0, 0.05) is 7.05 Å². The lowest BCUT2D eigenvalue weighted by molar-refractivity contribution is -0.148. The van der Waals surface area contributed by atoms with Gasteiger partial charge in [-0.05, 0) is 33.1 Å². The van der Waals surface area contributed by atoms with E-state index in [0.717, 1.165) is 6.42 Å². The molecular weight excluding hydrogens is 234 g/mol. The van der Waals surface area contributed by atoms with E-state index < -0.39 is 17.2 Å². The van der Waals surface area contributed by atoms with Gasteiger partial charge in [0.2, 0.25) is 0 Å². The fourth-order valence-corrected chi connectivity index (χ4v) is 2.27. The van der Waals surface area contributed by atoms with E-state index in [-0.39, 0.29) is 11.9 Å². The van der Waals surface area contributed by atoms with Crippen LogP contribution in [0.2, 0.25) is 0 Å². The van der Waals surface area contributed by atoms with E-state index in [1.807, 2.05) is 6.92 Å². The zero-order valence-electron chi connectivity index (χ0n) is 12.1. The lowest BCUT2D eigenvalue weighted by Gasteiger charge is -2.30. The quantitative estimate of drug-likeness (QED) is 0.727. The third-order valence-corrected chi connectivity index (χ3v) is 3.37. The first-order chi connectivity index (χ1) is 8.19. The predicted molar refractivity (Wildman–Crippen MR) is 67.1 cm³/mol. The Morgan fingerprint density at radius 2 is 1.94 bits per heavy atom. The molecule has 1 aliphatic carbocycles. The number of carbonyl (C=O) groups excluding carboxylic acids is 2. The normalized spacial score (nSPS) is 26.4. The van der Waals surface area contributed by atoms with Crippen molar-refractivity contribution in [2.45, 2.75) is 51.7 Å². The number of carbonyl (C=O) groups is 2. The summed E-state index contributed by atoms with van der Waals surface area (Å²) in [4.78, 5) is 25.3. The van der Waals surface area contributed by atoms with E-state index in [2.05, 4.69) is 0 Å². The van der Waals surface area contributed by atoms with Gasteiger partial charge in [-0.15, -0.1) is 0 Å². The molecule has 1 aliphatic rings. The SMILES string of the molecule is CCC1CC1(C(=O)OC)N(C)C(=O)OC(C)(C)C. The van der Waals surface area contributed by atoms with Crippen molar-refractivity contribution in [3.8, 4) is 0 Å². The largest absolute Gasteiger partial charge is 0.467 e. The molecule has 5 nitrogen and oxygen atoms in total. The van der Waals surface area contributed by atoms with Crippen LogP contribution in [0.4, 0.5) is 4.79 Å². The highest BCUT2D eigenvalue weighted by Gasteiger charge is 2.64. The summed E-state index contributed by atoms with van der Waals surface area (Å²) in [6.07, 6.45) is 0.998. The van der Waals surface area contributed by atoms with Crippen LogP contribution >= 0.6 is 0 Å². The van der Waals surface area contributed by atoms with Crippen LogP contribution in [0.3, 0.4) is 0 Å². The molecule has 18 heavy (non-hydrogen) atoms. The highest BCUT2D eigenvalue weighted by atomic mass is 16.6. The number of amides is 1. The average molecular weight is 257 g/mol. The van der Waals surface area contributed by atoms with Crippen molar-refractivity contribution in [1.82, 2.24) is 4.90 Å². The first-order valence-corrected chi connectivity index (χ1v) is 6.24. The monoisotopic (exact) mass is 257 g/mol. The number of hydrogen-bond acceptors (Lipinski definition) is 4. The Morgan fingerprint density at radius 3 is 2.28 bits per heavy atom. The second-order valence-corrected chi connectivity index (χ2v) is 5.76. The van der Waals surface area contributed by atoms with Crippen LogP contribution < -0.4 is 0 Å². The molecule has 0 spiro atoms. The first kappa shape index (κ1) is 14.8. The summed E-state index contributed by atoms with van der Waals surface area (Å²) in [7, 11) is 2.94. The van der Waals surface area contributed by atoms with Gasteiger partial charge in [0.15, 0.2) is 0 Å². The van der Waals surface area contributed by atoms with Crippen LogP contribution in [-0.4, -0.2) is 42.3 Å². The summed E-state index contributed by atoms with van der Waals surface area (Å²) in [6.45, 7) is 7.40. The van der Waals surface area contributed by atoms with Crippen LogP contribution in [0.5, 0.6) is 0 Å². The maximum absolute atomic E-state index is 12.0. The van der Waals surface area contributed by atoms with Gasteiger partial charge in [-0.3, -0.25) is 4.90 Å². The molecule has 2 unspecified atom stereocenters. The number of likely N-dealkylation sites (N-methyl/N-ethyl adjacent to an activating group) is 1. The molecule has 5 heteroatoms. The van der Waals surface area contributed by atoms with Crippen molar-refractivity contribution in [2.75, 3.05) is 14.2 Å². The highest BCUT2D eigenvalue weighted by Crippen LogP contribution is 2.51. The predicted octanol–water partition coefficient (Wildman–Crippen LogP) is 2.20. The van der Waals surface area contributed by atoms with Crippen molar-refractivity contribution in [3.63, 3.8) is 0 Å². The summed E-state index contributed by atoms with van der Waals surface area (Å²) >= 11 is 0. The fraction of sp³-hybridized carbons (Fsp3) is 0.846. The molecule has 0 aromatic heterocycles. The summed E-state index contributed by atoms with van der Waals surface area (Å²) in [5.41, 5.74) is -1.40. The van der Waals surface area contributed by atoms with Gasteiger partial charge in [0.05, 0.1) is 7.11 Å². The molecule has 1 saturated carbocycles. The van der Waals surface area contributed by atoms with E-state index in [9.17, 15) is 9.59 Å². The molecular formula is C13H23NO4. The van der Waals surface area contributed by atoms with E-state index in [0.29, 0.717) is 6.42 Å². The van der Waals surface area contributed by atoms with Crippen LogP contribution in [-0.2, 0) is 14.3 Å². The molecule has 0 aliphatic heterocycles. The summed E-state index contributed by atoms with van der Waals surface area (Å²) in [5.74, 6) is -0.204. The Balaban J connectivity index is 2.83. The maximum atomic E-state index is 12.0. The van der Waals surface area contributed by atoms with Gasteiger partial charge in [-0.2, -0.15) is 0 Å². The van der Waals surface area contributed by atoms with E-state index >= 15 is 0 Å². The molecule has 0 N–H and O–H groups in total. The minimum absolute atomic E-state index is 0.155. The molecule has 0 bridgehead atoms. The Bertz CT molecular complexity index is 347. The summed E-state index contributed by atoms with van der Waals surface area (Å²) in [6, 6.07) is 0. The van der Waals surface area contributed by atoms with Crippen molar-refractivity contribution in [2.24, 2.45) is 5.92 Å². The maximum Gasteiger partial charge on any atom is 0.410 e. The smallest absolute Gasteiger partial charge is 0.410 e. The Labute approximate surface area is 108 Å². The van der Waals surface area contributed by atoms with Crippen LogP contribution in [0.1, 0.15) is 40.5 Å². The van der Waals surface area contributed by atoms with E-state index in [1.54, 1.807) is 27.8 Å². The third-order valence-electron chi connectivity index (χ3n) is 3.37. The van der Waals surface area contributed by atoms with E-state index in [4.69, 9.17) is 9.47 Å². The van der Waals surface area contributed by atoms with Gasteiger partial charge in [-0.25, -0.2) is 9.59 Å². The number of esters is 1. The number of ether oxygens (including phenoxy) is 2. The first-order valence-electron chi connectivity index (χ1n) is 6.24. The zero-order chi connectivity index (χ0) is 14.1. The molecule has 104 valence electrons. The number of hydrogen-bond donors (Lipinski definition) is 0. The Hall–Kier alpha value is -1.26. The molecule has 0 aromatic rings. The minimum atomic E-state index is -0.828. The molecule has 0 heterocycles. The Kier molecular flexibility index (Phi) is 3.93. The molecule has 1 amide bonds. The molecule has 0 aromatic carbocycles. The van der Waals surface area contributed by atoms with Crippen LogP contribution in [0, 0.1) is 5.92 Å². The lowest BCUT2D eigenvalue weighted by Crippen LogP contribution is -2.48. The Morgan fingerprint density at radius 1 is 1.39 bits per heavy atom. The lowest BCUT2D eigenvalue weighted by atomic mass is 10.1. The van der Waals surface area contributed by atoms with E-state index in [1.165, 1.54) is 12.0 Å². The summed E-state index contributed by atoms with van der Waals surface area (Å²) < 4.78 is 10.1. The van der Waals surface area contributed by atoms with Crippen molar-refractivity contribution in [1.29, 1.82) is 0 Å². The van der Waals surface area contributed by atoms with Gasteiger partial charge in [0.25, 0.3) is 0 Å². The van der Waals surface area contributed by atoms with Gasteiger partial charge >= 0.3 is 12.1 Å². The van der Waals surface area contributed by atoms with Gasteiger partial charge in [0.1, 0.15) is 11.1 Å². The minimum Gasteiger partial charge on any atom is -0.467 e. The molecule has 0 saturated heterocycles. The molecule has 0 radical (unpaired) electrons. The fourth-order valence-electron chi connectivity index (χ4n) is 2.27. The van der Waals surface area contributed by atoms with Gasteiger partial charge < -0.3 is 9.47 Å². The number of rotatable bonds is 3. The second kappa shape index (κ2) is 4.78. The average Bonchev–Trinajstić information content (AvgIpc) is 3.00. The topological polar surface area (TPSA) is 55.8 Å². The number of methoxy groups -OCH3 is 1. The van der Waals surface area contributed by atoms with Crippen LogP contribution in [0.15, 0.2) is 0 Å².